The van der Waals surface area contributed by atoms with Gasteiger partial charge in [0.1, 0.15) is 18.8 Å². The van der Waals surface area contributed by atoms with Crippen LogP contribution in [0.1, 0.15) is 20.8 Å². The summed E-state index contributed by atoms with van der Waals surface area (Å²) in [4.78, 5) is 36.5. The van der Waals surface area contributed by atoms with Crippen molar-refractivity contribution in [3.63, 3.8) is 0 Å². The van der Waals surface area contributed by atoms with Crippen LogP contribution in [-0.2, 0) is 33.3 Å². The number of fused-ring (bicyclic) bond motifs is 1. The molecule has 2 saturated heterocycles. The molecule has 162 valence electrons. The summed E-state index contributed by atoms with van der Waals surface area (Å²) < 4.78 is 22.9. The fourth-order valence-electron chi connectivity index (χ4n) is 3.53. The number of carbonyl (C=O) groups is 3. The lowest BCUT2D eigenvalue weighted by Crippen LogP contribution is -2.49. The predicted molar refractivity (Wildman–Crippen MR) is 113 cm³/mol. The normalized spacial score (nSPS) is 25.9. The molecule has 0 saturated carbocycles. The molecule has 0 unspecified atom stereocenters. The molecule has 5 atom stereocenters. The van der Waals surface area contributed by atoms with E-state index in [1.807, 2.05) is 24.3 Å². The standard InChI is InChI=1S/C19H21BrN2O7S/c1-9(23)26-8-14(27-10(2)24)16-17(28-11(3)25)15-18(29-16)22(19(30)21-15)13-7-5-4-6-12(13)20/h4-7,14-18H,8H2,1-3H3,(H,21,30)/t14-,15-,16-,17-,18+/m1/s1. The van der Waals surface area contributed by atoms with Gasteiger partial charge in [0, 0.05) is 25.2 Å². The maximum absolute atomic E-state index is 11.8. The minimum absolute atomic E-state index is 0.240. The first-order valence-electron chi connectivity index (χ1n) is 9.16. The molecule has 0 bridgehead atoms. The molecule has 30 heavy (non-hydrogen) atoms. The van der Waals surface area contributed by atoms with E-state index in [0.29, 0.717) is 5.11 Å². The Bertz CT molecular complexity index is 867. The molecule has 2 aliphatic rings. The molecule has 3 rings (SSSR count). The number of ether oxygens (including phenoxy) is 4. The third-order valence-corrected chi connectivity index (χ3v) is 5.58. The van der Waals surface area contributed by atoms with Crippen LogP contribution in [0, 0.1) is 0 Å². The van der Waals surface area contributed by atoms with Crippen LogP contribution in [0.3, 0.4) is 0 Å². The number of halogens is 1. The number of para-hydroxylation sites is 1. The molecule has 0 aromatic heterocycles. The minimum atomic E-state index is -0.974. The molecule has 2 heterocycles. The van der Waals surface area contributed by atoms with Crippen LogP contribution in [-0.4, -0.2) is 60.2 Å². The van der Waals surface area contributed by atoms with E-state index in [4.69, 9.17) is 31.2 Å². The first kappa shape index (κ1) is 22.4. The fourth-order valence-corrected chi connectivity index (χ4v) is 4.34. The third kappa shape index (κ3) is 4.73. The van der Waals surface area contributed by atoms with Crippen molar-refractivity contribution in [2.24, 2.45) is 0 Å². The summed E-state index contributed by atoms with van der Waals surface area (Å²) in [6.07, 6.45) is -3.33. The monoisotopic (exact) mass is 500 g/mol. The van der Waals surface area contributed by atoms with Gasteiger partial charge in [0.15, 0.2) is 23.5 Å². The molecule has 2 fully saturated rings. The van der Waals surface area contributed by atoms with Crippen molar-refractivity contribution in [2.45, 2.75) is 51.4 Å². The summed E-state index contributed by atoms with van der Waals surface area (Å²) >= 11 is 8.99. The average molecular weight is 501 g/mol. The molecule has 0 spiro atoms. The van der Waals surface area contributed by atoms with Crippen LogP contribution in [0.15, 0.2) is 28.7 Å². The van der Waals surface area contributed by atoms with E-state index in [9.17, 15) is 14.4 Å². The molecule has 0 radical (unpaired) electrons. The predicted octanol–water partition coefficient (Wildman–Crippen LogP) is 1.66. The molecule has 9 nitrogen and oxygen atoms in total. The number of hydrogen-bond acceptors (Lipinski definition) is 8. The third-order valence-electron chi connectivity index (χ3n) is 4.59. The highest BCUT2D eigenvalue weighted by atomic mass is 79.9. The average Bonchev–Trinajstić information content (AvgIpc) is 3.14. The number of thiocarbonyl (C=S) groups is 1. The Morgan fingerprint density at radius 1 is 1.20 bits per heavy atom. The van der Waals surface area contributed by atoms with E-state index in [-0.39, 0.29) is 6.61 Å². The van der Waals surface area contributed by atoms with Crippen LogP contribution in [0.25, 0.3) is 0 Å². The molecule has 11 heteroatoms. The first-order chi connectivity index (χ1) is 14.2. The van der Waals surface area contributed by atoms with Crippen molar-refractivity contribution in [1.82, 2.24) is 5.32 Å². The van der Waals surface area contributed by atoms with Crippen molar-refractivity contribution in [3.05, 3.63) is 28.7 Å². The minimum Gasteiger partial charge on any atom is -0.462 e. The second-order valence-electron chi connectivity index (χ2n) is 6.81. The van der Waals surface area contributed by atoms with Gasteiger partial charge in [-0.2, -0.15) is 0 Å². The molecule has 1 aromatic carbocycles. The summed E-state index contributed by atoms with van der Waals surface area (Å²) in [6.45, 7) is 3.51. The van der Waals surface area contributed by atoms with Gasteiger partial charge in [0.25, 0.3) is 0 Å². The fraction of sp³-hybridized carbons (Fsp3) is 0.474. The lowest BCUT2D eigenvalue weighted by Gasteiger charge is -2.29. The molecule has 0 aliphatic carbocycles. The number of hydrogen-bond donors (Lipinski definition) is 1. The highest BCUT2D eigenvalue weighted by Crippen LogP contribution is 2.38. The topological polar surface area (TPSA) is 103 Å². The quantitative estimate of drug-likeness (QED) is 0.352. The van der Waals surface area contributed by atoms with Gasteiger partial charge < -0.3 is 24.3 Å². The zero-order chi connectivity index (χ0) is 22.0. The summed E-state index contributed by atoms with van der Waals surface area (Å²) in [6, 6.07) is 6.93. The zero-order valence-corrected chi connectivity index (χ0v) is 18.9. The molecular weight excluding hydrogens is 480 g/mol. The van der Waals surface area contributed by atoms with Crippen LogP contribution < -0.4 is 10.2 Å². The number of benzene rings is 1. The number of anilines is 1. The van der Waals surface area contributed by atoms with Gasteiger partial charge in [-0.1, -0.05) is 12.1 Å². The van der Waals surface area contributed by atoms with E-state index in [0.717, 1.165) is 10.2 Å². The number of esters is 3. The van der Waals surface area contributed by atoms with Gasteiger partial charge in [-0.25, -0.2) is 0 Å². The Hall–Kier alpha value is -2.24. The van der Waals surface area contributed by atoms with Gasteiger partial charge in [0.05, 0.1) is 5.69 Å². The summed E-state index contributed by atoms with van der Waals surface area (Å²) in [7, 11) is 0. The van der Waals surface area contributed by atoms with Gasteiger partial charge >= 0.3 is 17.9 Å². The Morgan fingerprint density at radius 2 is 1.90 bits per heavy atom. The van der Waals surface area contributed by atoms with Crippen LogP contribution in [0.2, 0.25) is 0 Å². The van der Waals surface area contributed by atoms with Crippen LogP contribution >= 0.6 is 28.1 Å². The van der Waals surface area contributed by atoms with Crippen LogP contribution in [0.4, 0.5) is 5.69 Å². The second kappa shape index (κ2) is 9.27. The highest BCUT2D eigenvalue weighted by molar-refractivity contribution is 9.10. The Morgan fingerprint density at radius 3 is 2.50 bits per heavy atom. The maximum atomic E-state index is 11.8. The molecule has 0 amide bonds. The van der Waals surface area contributed by atoms with Crippen LogP contribution in [0.5, 0.6) is 0 Å². The summed E-state index contributed by atoms with van der Waals surface area (Å²) in [5.41, 5.74) is 0.758. The van der Waals surface area contributed by atoms with Crippen molar-refractivity contribution in [1.29, 1.82) is 0 Å². The van der Waals surface area contributed by atoms with Crippen molar-refractivity contribution < 1.29 is 33.3 Å². The van der Waals surface area contributed by atoms with Gasteiger partial charge in [-0.3, -0.25) is 19.3 Å². The highest BCUT2D eigenvalue weighted by Gasteiger charge is 2.57. The van der Waals surface area contributed by atoms with E-state index in [1.54, 1.807) is 4.90 Å². The summed E-state index contributed by atoms with van der Waals surface area (Å²) in [5, 5.41) is 3.54. The maximum Gasteiger partial charge on any atom is 0.303 e. The van der Waals surface area contributed by atoms with Gasteiger partial charge in [-0.05, 0) is 40.3 Å². The number of nitrogens with zero attached hydrogens (tertiary/aromatic N) is 1. The Labute approximate surface area is 187 Å². The van der Waals surface area contributed by atoms with E-state index >= 15 is 0 Å². The van der Waals surface area contributed by atoms with Crippen molar-refractivity contribution in [2.75, 3.05) is 11.5 Å². The number of carbonyl (C=O) groups excluding carboxylic acids is 3. The zero-order valence-electron chi connectivity index (χ0n) is 16.5. The van der Waals surface area contributed by atoms with Crippen molar-refractivity contribution in [3.8, 4) is 0 Å². The Kier molecular flexibility index (Phi) is 6.94. The number of rotatable bonds is 6. The van der Waals surface area contributed by atoms with E-state index in [2.05, 4.69) is 21.2 Å². The van der Waals surface area contributed by atoms with Gasteiger partial charge in [-0.15, -0.1) is 0 Å². The SMILES string of the molecule is CC(=O)OC[C@@H](OC(C)=O)[C@H]1O[C@H]2[C@H](NC(=S)N2c2ccccc2Br)[C@H]1OC(C)=O. The van der Waals surface area contributed by atoms with E-state index in [1.165, 1.54) is 20.8 Å². The molecule has 1 N–H and O–H groups in total. The second-order valence-corrected chi connectivity index (χ2v) is 8.05. The number of nitrogens with one attached hydrogen (secondary N) is 1. The lowest BCUT2D eigenvalue weighted by atomic mass is 10.0. The smallest absolute Gasteiger partial charge is 0.303 e. The van der Waals surface area contributed by atoms with E-state index < -0.39 is 48.5 Å². The molecule has 2 aliphatic heterocycles. The molecule has 1 aromatic rings. The van der Waals surface area contributed by atoms with Gasteiger partial charge in [0.2, 0.25) is 0 Å². The Balaban J connectivity index is 1.93. The van der Waals surface area contributed by atoms with Crippen molar-refractivity contribution >= 4 is 56.9 Å². The molecular formula is C19H21BrN2O7S. The summed E-state index contributed by atoms with van der Waals surface area (Å²) in [5.74, 6) is -1.65. The lowest BCUT2D eigenvalue weighted by molar-refractivity contribution is -0.174. The first-order valence-corrected chi connectivity index (χ1v) is 10.4. The largest absolute Gasteiger partial charge is 0.462 e.